The fraction of sp³-hybridized carbons (Fsp3) is 0.333. The number of primary sulfonamides is 1. The minimum Gasteiger partial charge on any atom is -0.497 e. The first-order chi connectivity index (χ1) is 10.8. The van der Waals surface area contributed by atoms with Crippen LogP contribution in [0.1, 0.15) is 22.5 Å². The second kappa shape index (κ2) is 6.93. The highest BCUT2D eigenvalue weighted by Crippen LogP contribution is 2.22. The Labute approximate surface area is 134 Å². The van der Waals surface area contributed by atoms with E-state index in [2.05, 4.69) is 4.98 Å². The lowest BCUT2D eigenvalue weighted by atomic mass is 10.1. The van der Waals surface area contributed by atoms with Crippen molar-refractivity contribution in [1.82, 2.24) is 4.98 Å². The van der Waals surface area contributed by atoms with Gasteiger partial charge in [0, 0.05) is 11.5 Å². The first-order valence-electron chi connectivity index (χ1n) is 6.93. The second-order valence-corrected chi connectivity index (χ2v) is 6.77. The van der Waals surface area contributed by atoms with Crippen LogP contribution in [-0.2, 0) is 14.8 Å². The summed E-state index contributed by atoms with van der Waals surface area (Å²) in [6.45, 7) is 1.69. The molecule has 0 saturated heterocycles. The highest BCUT2D eigenvalue weighted by molar-refractivity contribution is 7.89. The lowest BCUT2D eigenvalue weighted by Gasteiger charge is -2.09. The first-order valence-corrected chi connectivity index (χ1v) is 8.65. The van der Waals surface area contributed by atoms with Gasteiger partial charge in [0.15, 0.2) is 0 Å². The van der Waals surface area contributed by atoms with E-state index in [1.807, 2.05) is 0 Å². The van der Waals surface area contributed by atoms with Crippen LogP contribution in [0.3, 0.4) is 0 Å². The molecule has 124 valence electrons. The van der Waals surface area contributed by atoms with Gasteiger partial charge in [-0.25, -0.2) is 18.4 Å². The highest BCUT2D eigenvalue weighted by atomic mass is 32.2. The highest BCUT2D eigenvalue weighted by Gasteiger charge is 2.14. The van der Waals surface area contributed by atoms with Gasteiger partial charge in [0.25, 0.3) is 0 Å². The van der Waals surface area contributed by atoms with Gasteiger partial charge in [0.2, 0.25) is 10.0 Å². The summed E-state index contributed by atoms with van der Waals surface area (Å²) < 4.78 is 31.8. The maximum Gasteiger partial charge on any atom is 0.339 e. The van der Waals surface area contributed by atoms with Gasteiger partial charge < -0.3 is 9.47 Å². The Morgan fingerprint density at radius 3 is 2.70 bits per heavy atom. The smallest absolute Gasteiger partial charge is 0.339 e. The standard InChI is InChI=1S/C15H18N2O5S/c1-10-13(15(18)22-6-3-7-23(16,19)20)8-11-4-5-12(21-2)9-14(11)17-10/h4-5,8-9H,3,6-7H2,1-2H3,(H2,16,19,20). The molecule has 0 spiro atoms. The van der Waals surface area contributed by atoms with Gasteiger partial charge in [-0.2, -0.15) is 0 Å². The zero-order valence-corrected chi connectivity index (χ0v) is 13.7. The number of aromatic nitrogens is 1. The van der Waals surface area contributed by atoms with Crippen molar-refractivity contribution in [2.24, 2.45) is 5.14 Å². The van der Waals surface area contributed by atoms with Gasteiger partial charge >= 0.3 is 5.97 Å². The summed E-state index contributed by atoms with van der Waals surface area (Å²) >= 11 is 0. The quantitative estimate of drug-likeness (QED) is 0.630. The summed E-state index contributed by atoms with van der Waals surface area (Å²) in [6.07, 6.45) is 0.155. The molecule has 0 aliphatic carbocycles. The normalized spacial score (nSPS) is 11.4. The number of ether oxygens (including phenoxy) is 2. The number of hydrogen-bond acceptors (Lipinski definition) is 6. The predicted molar refractivity (Wildman–Crippen MR) is 85.9 cm³/mol. The summed E-state index contributed by atoms with van der Waals surface area (Å²) in [7, 11) is -1.98. The Hall–Kier alpha value is -2.19. The number of sulfonamides is 1. The summed E-state index contributed by atoms with van der Waals surface area (Å²) in [5.74, 6) is -0.0838. The molecule has 0 aliphatic rings. The third kappa shape index (κ3) is 4.64. The van der Waals surface area contributed by atoms with Crippen molar-refractivity contribution >= 4 is 26.9 Å². The summed E-state index contributed by atoms with van der Waals surface area (Å²) in [4.78, 5) is 16.5. The Morgan fingerprint density at radius 1 is 1.30 bits per heavy atom. The van der Waals surface area contributed by atoms with Crippen molar-refractivity contribution in [3.63, 3.8) is 0 Å². The van der Waals surface area contributed by atoms with Gasteiger partial charge in [-0.3, -0.25) is 4.98 Å². The Bertz CT molecular complexity index is 833. The number of methoxy groups -OCH3 is 1. The monoisotopic (exact) mass is 338 g/mol. The van der Waals surface area contributed by atoms with Crippen molar-refractivity contribution in [1.29, 1.82) is 0 Å². The van der Waals surface area contributed by atoms with Crippen LogP contribution in [0.4, 0.5) is 0 Å². The zero-order valence-electron chi connectivity index (χ0n) is 12.9. The maximum atomic E-state index is 12.1. The predicted octanol–water partition coefficient (Wildman–Crippen LogP) is 1.39. The van der Waals surface area contributed by atoms with E-state index in [4.69, 9.17) is 14.6 Å². The summed E-state index contributed by atoms with van der Waals surface area (Å²) in [5, 5.41) is 5.67. The van der Waals surface area contributed by atoms with Crippen molar-refractivity contribution in [2.75, 3.05) is 19.5 Å². The lowest BCUT2D eigenvalue weighted by molar-refractivity contribution is 0.0504. The zero-order chi connectivity index (χ0) is 17.0. The van der Waals surface area contributed by atoms with E-state index in [0.29, 0.717) is 22.5 Å². The number of benzene rings is 1. The van der Waals surface area contributed by atoms with Crippen molar-refractivity contribution in [3.05, 3.63) is 35.5 Å². The molecule has 0 fully saturated rings. The van der Waals surface area contributed by atoms with Gasteiger partial charge in [0.1, 0.15) is 5.75 Å². The molecular formula is C15H18N2O5S. The summed E-state index contributed by atoms with van der Waals surface area (Å²) in [5.41, 5.74) is 1.59. The van der Waals surface area contributed by atoms with E-state index in [0.717, 1.165) is 5.39 Å². The fourth-order valence-electron chi connectivity index (χ4n) is 2.08. The average molecular weight is 338 g/mol. The molecule has 23 heavy (non-hydrogen) atoms. The molecule has 1 heterocycles. The molecule has 2 rings (SSSR count). The van der Waals surface area contributed by atoms with Crippen molar-refractivity contribution < 1.29 is 22.7 Å². The molecule has 7 nitrogen and oxygen atoms in total. The fourth-order valence-corrected chi connectivity index (χ4v) is 2.60. The van der Waals surface area contributed by atoms with Crippen LogP contribution < -0.4 is 9.88 Å². The molecule has 1 aromatic carbocycles. The molecule has 2 N–H and O–H groups in total. The largest absolute Gasteiger partial charge is 0.497 e. The molecule has 2 aromatic rings. The molecule has 0 atom stereocenters. The Morgan fingerprint density at radius 2 is 2.04 bits per heavy atom. The van der Waals surface area contributed by atoms with E-state index in [1.54, 1.807) is 38.3 Å². The number of fused-ring (bicyclic) bond motifs is 1. The molecule has 0 amide bonds. The van der Waals surface area contributed by atoms with E-state index >= 15 is 0 Å². The number of esters is 1. The minimum atomic E-state index is -3.55. The van der Waals surface area contributed by atoms with Crippen LogP contribution in [0, 0.1) is 6.92 Å². The number of rotatable bonds is 6. The second-order valence-electron chi connectivity index (χ2n) is 5.04. The summed E-state index contributed by atoms with van der Waals surface area (Å²) in [6, 6.07) is 7.06. The van der Waals surface area contributed by atoms with Gasteiger partial charge in [-0.15, -0.1) is 0 Å². The number of aryl methyl sites for hydroxylation is 1. The first kappa shape index (κ1) is 17.2. The molecular weight excluding hydrogens is 320 g/mol. The average Bonchev–Trinajstić information content (AvgIpc) is 2.49. The van der Waals surface area contributed by atoms with Crippen LogP contribution >= 0.6 is 0 Å². The van der Waals surface area contributed by atoms with Gasteiger partial charge in [-0.1, -0.05) is 0 Å². The van der Waals surface area contributed by atoms with Crippen LogP contribution in [0.2, 0.25) is 0 Å². The third-order valence-electron chi connectivity index (χ3n) is 3.24. The number of nitrogens with two attached hydrogens (primary N) is 1. The molecule has 0 aliphatic heterocycles. The molecule has 0 bridgehead atoms. The van der Waals surface area contributed by atoms with Gasteiger partial charge in [-0.05, 0) is 31.5 Å². The number of carbonyl (C=O) groups excluding carboxylic acids is 1. The van der Waals surface area contributed by atoms with E-state index in [1.165, 1.54) is 0 Å². The maximum absolute atomic E-state index is 12.1. The van der Waals surface area contributed by atoms with E-state index < -0.39 is 16.0 Å². The van der Waals surface area contributed by atoms with Crippen molar-refractivity contribution in [3.8, 4) is 5.75 Å². The Balaban J connectivity index is 2.12. The SMILES string of the molecule is COc1ccc2cc(C(=O)OCCCS(N)(=O)=O)c(C)nc2c1. The number of hydrogen-bond donors (Lipinski definition) is 1. The van der Waals surface area contributed by atoms with E-state index in [-0.39, 0.29) is 18.8 Å². The lowest BCUT2D eigenvalue weighted by Crippen LogP contribution is -2.18. The topological polar surface area (TPSA) is 109 Å². The molecule has 0 radical (unpaired) electrons. The van der Waals surface area contributed by atoms with Crippen LogP contribution in [0.5, 0.6) is 5.75 Å². The van der Waals surface area contributed by atoms with Gasteiger partial charge in [0.05, 0.1) is 36.2 Å². The van der Waals surface area contributed by atoms with Crippen LogP contribution in [-0.4, -0.2) is 38.8 Å². The minimum absolute atomic E-state index is 0.0185. The van der Waals surface area contributed by atoms with E-state index in [9.17, 15) is 13.2 Å². The van der Waals surface area contributed by atoms with Crippen LogP contribution in [0.25, 0.3) is 10.9 Å². The van der Waals surface area contributed by atoms with Crippen LogP contribution in [0.15, 0.2) is 24.3 Å². The number of nitrogens with zero attached hydrogens (tertiary/aromatic N) is 1. The number of carbonyl (C=O) groups is 1. The Kier molecular flexibility index (Phi) is 5.17. The van der Waals surface area contributed by atoms with Crippen molar-refractivity contribution in [2.45, 2.75) is 13.3 Å². The molecule has 0 unspecified atom stereocenters. The molecule has 8 heteroatoms. The third-order valence-corrected chi connectivity index (χ3v) is 4.10. The number of pyridine rings is 1. The molecule has 0 saturated carbocycles. The molecule has 1 aromatic heterocycles.